The number of nitrogens with one attached hydrogen (secondary N) is 1. The Kier molecular flexibility index (Phi) is 8.67. The fourth-order valence-corrected chi connectivity index (χ4v) is 2.15. The highest BCUT2D eigenvalue weighted by Crippen LogP contribution is 2.08. The van der Waals surface area contributed by atoms with Gasteiger partial charge in [-0.3, -0.25) is 0 Å². The first-order valence-electron chi connectivity index (χ1n) is 5.15. The first-order valence-corrected chi connectivity index (χ1v) is 6.31. The molecule has 1 unspecified atom stereocenters. The van der Waals surface area contributed by atoms with Crippen LogP contribution in [0.15, 0.2) is 0 Å². The lowest BCUT2D eigenvalue weighted by atomic mass is 10.3. The van der Waals surface area contributed by atoms with E-state index >= 15 is 0 Å². The van der Waals surface area contributed by atoms with E-state index in [1.165, 1.54) is 0 Å². The quantitative estimate of drug-likeness (QED) is 0.565. The van der Waals surface area contributed by atoms with E-state index in [0.29, 0.717) is 6.04 Å². The van der Waals surface area contributed by atoms with Gasteiger partial charge in [0.1, 0.15) is 0 Å². The second-order valence-electron chi connectivity index (χ2n) is 4.06. The molecule has 0 aromatic rings. The van der Waals surface area contributed by atoms with Gasteiger partial charge in [0.2, 0.25) is 0 Å². The molecule has 0 aliphatic carbocycles. The zero-order valence-corrected chi connectivity index (χ0v) is 10.2. The van der Waals surface area contributed by atoms with Gasteiger partial charge >= 0.3 is 0 Å². The minimum atomic E-state index is -0.176. The fourth-order valence-electron chi connectivity index (χ4n) is 1.09. The summed E-state index contributed by atoms with van der Waals surface area (Å²) in [5.41, 5.74) is 0. The van der Waals surface area contributed by atoms with E-state index < -0.39 is 0 Å². The summed E-state index contributed by atoms with van der Waals surface area (Å²) in [5.74, 6) is 2.91. The molecule has 3 nitrogen and oxygen atoms in total. The Morgan fingerprint density at radius 3 is 2.07 bits per heavy atom. The second kappa shape index (κ2) is 8.53. The van der Waals surface area contributed by atoms with Crippen molar-refractivity contribution in [2.24, 2.45) is 5.92 Å². The molecule has 86 valence electrons. The Hall–Kier alpha value is 0.230. The maximum absolute atomic E-state index is 8.86. The Balaban J connectivity index is 3.48. The Labute approximate surface area is 91.3 Å². The van der Waals surface area contributed by atoms with Crippen molar-refractivity contribution in [3.05, 3.63) is 0 Å². The summed E-state index contributed by atoms with van der Waals surface area (Å²) >= 11 is 1.91. The van der Waals surface area contributed by atoms with Gasteiger partial charge in [-0.1, -0.05) is 13.8 Å². The van der Waals surface area contributed by atoms with Gasteiger partial charge in [0.15, 0.2) is 0 Å². The lowest BCUT2D eigenvalue weighted by Crippen LogP contribution is -2.42. The van der Waals surface area contributed by atoms with E-state index in [0.717, 1.165) is 17.4 Å². The van der Waals surface area contributed by atoms with Crippen LogP contribution in [-0.4, -0.2) is 47.0 Å². The highest BCUT2D eigenvalue weighted by Gasteiger charge is 2.09. The van der Waals surface area contributed by atoms with Crippen molar-refractivity contribution < 1.29 is 10.2 Å². The van der Waals surface area contributed by atoms with Crippen LogP contribution in [-0.2, 0) is 0 Å². The van der Waals surface area contributed by atoms with Crippen LogP contribution in [0.2, 0.25) is 0 Å². The van der Waals surface area contributed by atoms with Crippen molar-refractivity contribution in [1.82, 2.24) is 5.32 Å². The number of hydrogen-bond acceptors (Lipinski definition) is 4. The summed E-state index contributed by atoms with van der Waals surface area (Å²) in [4.78, 5) is 0. The van der Waals surface area contributed by atoms with Crippen LogP contribution in [0.3, 0.4) is 0 Å². The van der Waals surface area contributed by atoms with Crippen LogP contribution in [0.5, 0.6) is 0 Å². The normalized spacial score (nSPS) is 13.9. The summed E-state index contributed by atoms with van der Waals surface area (Å²) in [5, 5.41) is 20.9. The van der Waals surface area contributed by atoms with Gasteiger partial charge in [0.05, 0.1) is 19.3 Å². The Bertz CT molecular complexity index is 129. The van der Waals surface area contributed by atoms with Crippen LogP contribution in [0.1, 0.15) is 20.8 Å². The standard InChI is InChI=1S/C10H23NO2S/c1-8(2)6-14-7-9(3)11-10(4-12)5-13/h8-13H,4-7H2,1-3H3. The lowest BCUT2D eigenvalue weighted by Gasteiger charge is -2.19. The van der Waals surface area contributed by atoms with Gasteiger partial charge in [-0.25, -0.2) is 0 Å². The van der Waals surface area contributed by atoms with Gasteiger partial charge in [0, 0.05) is 11.8 Å². The largest absolute Gasteiger partial charge is 0.395 e. The summed E-state index contributed by atoms with van der Waals surface area (Å²) in [6, 6.07) is 0.160. The molecule has 4 heteroatoms. The van der Waals surface area contributed by atoms with Crippen LogP contribution < -0.4 is 5.32 Å². The molecule has 0 fully saturated rings. The predicted molar refractivity (Wildman–Crippen MR) is 62.7 cm³/mol. The van der Waals surface area contributed by atoms with Gasteiger partial charge in [-0.15, -0.1) is 0 Å². The summed E-state index contributed by atoms with van der Waals surface area (Å²) < 4.78 is 0. The molecule has 0 bridgehead atoms. The van der Waals surface area contributed by atoms with E-state index in [2.05, 4.69) is 26.1 Å². The zero-order valence-electron chi connectivity index (χ0n) is 9.36. The summed E-state index contributed by atoms with van der Waals surface area (Å²) in [7, 11) is 0. The average Bonchev–Trinajstić information content (AvgIpc) is 2.13. The molecule has 0 aromatic carbocycles. The molecule has 0 amide bonds. The topological polar surface area (TPSA) is 52.5 Å². The molecule has 0 saturated carbocycles. The second-order valence-corrected chi connectivity index (χ2v) is 5.14. The third-order valence-corrected chi connectivity index (χ3v) is 3.42. The van der Waals surface area contributed by atoms with E-state index in [9.17, 15) is 0 Å². The minimum absolute atomic E-state index is 0.00428. The molecular formula is C10H23NO2S. The van der Waals surface area contributed by atoms with E-state index in [-0.39, 0.29) is 19.3 Å². The minimum Gasteiger partial charge on any atom is -0.395 e. The molecule has 14 heavy (non-hydrogen) atoms. The van der Waals surface area contributed by atoms with Crippen molar-refractivity contribution in [2.75, 3.05) is 24.7 Å². The highest BCUT2D eigenvalue weighted by molar-refractivity contribution is 7.99. The number of thioether (sulfide) groups is 1. The van der Waals surface area contributed by atoms with Gasteiger partial charge in [-0.2, -0.15) is 11.8 Å². The van der Waals surface area contributed by atoms with Crippen LogP contribution in [0, 0.1) is 5.92 Å². The zero-order chi connectivity index (χ0) is 11.0. The monoisotopic (exact) mass is 221 g/mol. The third kappa shape index (κ3) is 7.62. The predicted octanol–water partition coefficient (Wildman–Crippen LogP) is 0.707. The number of aliphatic hydroxyl groups excluding tert-OH is 2. The molecule has 0 rings (SSSR count). The van der Waals surface area contributed by atoms with Gasteiger partial charge in [0.25, 0.3) is 0 Å². The number of aliphatic hydroxyl groups is 2. The van der Waals surface area contributed by atoms with E-state index in [4.69, 9.17) is 10.2 Å². The van der Waals surface area contributed by atoms with Crippen molar-refractivity contribution >= 4 is 11.8 Å². The van der Waals surface area contributed by atoms with Crippen molar-refractivity contribution in [3.63, 3.8) is 0 Å². The summed E-state index contributed by atoms with van der Waals surface area (Å²) in [6.45, 7) is 6.47. The maximum Gasteiger partial charge on any atom is 0.0607 e. The SMILES string of the molecule is CC(C)CSCC(C)NC(CO)CO. The maximum atomic E-state index is 8.86. The molecule has 0 heterocycles. The molecule has 0 radical (unpaired) electrons. The van der Waals surface area contributed by atoms with Gasteiger partial charge in [-0.05, 0) is 18.6 Å². The van der Waals surface area contributed by atoms with E-state index in [1.54, 1.807) is 0 Å². The number of rotatable bonds is 8. The first-order chi connectivity index (χ1) is 6.60. The molecule has 0 aliphatic rings. The summed E-state index contributed by atoms with van der Waals surface area (Å²) in [6.07, 6.45) is 0. The van der Waals surface area contributed by atoms with Crippen LogP contribution >= 0.6 is 11.8 Å². The number of hydrogen-bond donors (Lipinski definition) is 3. The molecule has 0 aromatic heterocycles. The molecule has 0 spiro atoms. The molecular weight excluding hydrogens is 198 g/mol. The Morgan fingerprint density at radius 2 is 1.64 bits per heavy atom. The van der Waals surface area contributed by atoms with Crippen LogP contribution in [0.25, 0.3) is 0 Å². The molecule has 1 atom stereocenters. The lowest BCUT2D eigenvalue weighted by molar-refractivity contribution is 0.165. The Morgan fingerprint density at radius 1 is 1.07 bits per heavy atom. The third-order valence-electron chi connectivity index (χ3n) is 1.78. The van der Waals surface area contributed by atoms with Crippen molar-refractivity contribution in [3.8, 4) is 0 Å². The van der Waals surface area contributed by atoms with Crippen molar-refractivity contribution in [1.29, 1.82) is 0 Å². The van der Waals surface area contributed by atoms with Crippen LogP contribution in [0.4, 0.5) is 0 Å². The molecule has 3 N–H and O–H groups in total. The first kappa shape index (κ1) is 14.2. The fraction of sp³-hybridized carbons (Fsp3) is 1.00. The van der Waals surface area contributed by atoms with Crippen molar-refractivity contribution in [2.45, 2.75) is 32.9 Å². The average molecular weight is 221 g/mol. The van der Waals surface area contributed by atoms with Gasteiger partial charge < -0.3 is 15.5 Å². The smallest absolute Gasteiger partial charge is 0.0607 e. The van der Waals surface area contributed by atoms with E-state index in [1.807, 2.05) is 11.8 Å². The molecule has 0 saturated heterocycles. The molecule has 0 aliphatic heterocycles. The highest BCUT2D eigenvalue weighted by atomic mass is 32.2.